The summed E-state index contributed by atoms with van der Waals surface area (Å²) in [6, 6.07) is 3.98. The second kappa shape index (κ2) is 5.92. The molecular formula is C15H22BrN3O. The van der Waals surface area contributed by atoms with Crippen LogP contribution in [-0.4, -0.2) is 36.2 Å². The Hall–Kier alpha value is -0.780. The van der Waals surface area contributed by atoms with Gasteiger partial charge in [0.2, 0.25) is 0 Å². The van der Waals surface area contributed by atoms with E-state index in [9.17, 15) is 5.11 Å². The molecule has 1 saturated carbocycles. The van der Waals surface area contributed by atoms with Gasteiger partial charge in [0.05, 0.1) is 5.69 Å². The van der Waals surface area contributed by atoms with E-state index in [-0.39, 0.29) is 11.8 Å². The molecule has 1 aliphatic carbocycles. The molecule has 0 bridgehead atoms. The second-order valence-corrected chi connectivity index (χ2v) is 6.73. The van der Waals surface area contributed by atoms with Crippen LogP contribution in [0.2, 0.25) is 0 Å². The van der Waals surface area contributed by atoms with Gasteiger partial charge in [0.25, 0.3) is 0 Å². The van der Waals surface area contributed by atoms with Crippen LogP contribution in [-0.2, 0) is 0 Å². The minimum Gasteiger partial charge on any atom is -0.505 e. The van der Waals surface area contributed by atoms with Gasteiger partial charge in [-0.3, -0.25) is 4.90 Å². The number of piperazine rings is 1. The van der Waals surface area contributed by atoms with Crippen LogP contribution >= 0.6 is 15.9 Å². The summed E-state index contributed by atoms with van der Waals surface area (Å²) in [6.45, 7) is 4.08. The molecule has 20 heavy (non-hydrogen) atoms. The topological polar surface area (TPSA) is 61.5 Å². The molecule has 1 aromatic rings. The fourth-order valence-corrected chi connectivity index (χ4v) is 3.61. The number of phenols is 1. The molecule has 0 aromatic heterocycles. The molecule has 4 nitrogen and oxygen atoms in total. The Balaban J connectivity index is 1.93. The molecule has 1 atom stereocenters. The van der Waals surface area contributed by atoms with Crippen LogP contribution in [0.3, 0.4) is 0 Å². The Morgan fingerprint density at radius 2 is 2.05 bits per heavy atom. The summed E-state index contributed by atoms with van der Waals surface area (Å²) < 4.78 is 0.966. The third kappa shape index (κ3) is 2.95. The zero-order valence-electron chi connectivity index (χ0n) is 11.6. The number of hydrogen-bond donors (Lipinski definition) is 3. The van der Waals surface area contributed by atoms with E-state index < -0.39 is 0 Å². The Bertz CT molecular complexity index is 484. The summed E-state index contributed by atoms with van der Waals surface area (Å²) in [5, 5.41) is 13.8. The largest absolute Gasteiger partial charge is 0.505 e. The number of anilines is 1. The summed E-state index contributed by atoms with van der Waals surface area (Å²) in [4.78, 5) is 2.48. The van der Waals surface area contributed by atoms with Crippen LogP contribution < -0.4 is 11.1 Å². The van der Waals surface area contributed by atoms with Crippen LogP contribution in [0.4, 0.5) is 5.69 Å². The lowest BCUT2D eigenvalue weighted by Gasteiger charge is -2.36. The van der Waals surface area contributed by atoms with Crippen molar-refractivity contribution < 1.29 is 5.11 Å². The molecule has 0 spiro atoms. The zero-order chi connectivity index (χ0) is 14.1. The summed E-state index contributed by atoms with van der Waals surface area (Å²) in [5.74, 6) is 1.06. The van der Waals surface area contributed by atoms with Gasteiger partial charge in [-0.1, -0.05) is 28.8 Å². The minimum atomic E-state index is 0.253. The average Bonchev–Trinajstić information content (AvgIpc) is 3.27. The summed E-state index contributed by atoms with van der Waals surface area (Å²) >= 11 is 3.60. The molecule has 0 amide bonds. The van der Waals surface area contributed by atoms with E-state index in [1.54, 1.807) is 6.07 Å². The molecule has 2 aliphatic rings. The molecule has 2 fully saturated rings. The van der Waals surface area contributed by atoms with Crippen molar-refractivity contribution in [2.45, 2.75) is 25.3 Å². The first-order chi connectivity index (χ1) is 9.66. The van der Waals surface area contributed by atoms with Crippen LogP contribution in [0.25, 0.3) is 0 Å². The zero-order valence-corrected chi connectivity index (χ0v) is 13.2. The van der Waals surface area contributed by atoms with Crippen molar-refractivity contribution in [2.24, 2.45) is 5.92 Å². The highest BCUT2D eigenvalue weighted by Gasteiger charge is 2.33. The van der Waals surface area contributed by atoms with Crippen molar-refractivity contribution in [1.29, 1.82) is 0 Å². The lowest BCUT2D eigenvalue weighted by atomic mass is 9.97. The van der Waals surface area contributed by atoms with E-state index in [0.29, 0.717) is 5.69 Å². The maximum atomic E-state index is 10.4. The molecular weight excluding hydrogens is 318 g/mol. The molecule has 110 valence electrons. The fraction of sp³-hybridized carbons (Fsp3) is 0.600. The summed E-state index contributed by atoms with van der Waals surface area (Å²) in [5.41, 5.74) is 7.34. The van der Waals surface area contributed by atoms with Crippen molar-refractivity contribution in [3.05, 3.63) is 22.2 Å². The number of rotatable bonds is 4. The Morgan fingerprint density at radius 1 is 1.35 bits per heavy atom. The predicted molar refractivity (Wildman–Crippen MR) is 84.7 cm³/mol. The maximum Gasteiger partial charge on any atom is 0.144 e. The number of halogens is 1. The maximum absolute atomic E-state index is 10.4. The third-order valence-electron chi connectivity index (χ3n) is 4.37. The first-order valence-electron chi connectivity index (χ1n) is 7.38. The van der Waals surface area contributed by atoms with Gasteiger partial charge in [-0.25, -0.2) is 0 Å². The highest BCUT2D eigenvalue weighted by atomic mass is 79.9. The van der Waals surface area contributed by atoms with Gasteiger partial charge in [0, 0.05) is 42.3 Å². The number of hydrogen-bond acceptors (Lipinski definition) is 4. The number of phenolic OH excluding ortho intramolecular Hbond substituents is 1. The molecule has 0 radical (unpaired) electrons. The monoisotopic (exact) mass is 339 g/mol. The molecule has 3 rings (SSSR count). The third-order valence-corrected chi connectivity index (χ3v) is 5.07. The van der Waals surface area contributed by atoms with Crippen molar-refractivity contribution in [1.82, 2.24) is 10.2 Å². The van der Waals surface area contributed by atoms with Crippen molar-refractivity contribution in [3.8, 4) is 5.75 Å². The summed E-state index contributed by atoms with van der Waals surface area (Å²) in [6.07, 6.45) is 3.77. The van der Waals surface area contributed by atoms with Crippen molar-refractivity contribution in [2.75, 3.05) is 31.9 Å². The Morgan fingerprint density at radius 3 is 2.70 bits per heavy atom. The van der Waals surface area contributed by atoms with Crippen molar-refractivity contribution in [3.63, 3.8) is 0 Å². The van der Waals surface area contributed by atoms with E-state index in [0.717, 1.165) is 48.6 Å². The predicted octanol–water partition coefficient (Wildman–Crippen LogP) is 2.48. The highest BCUT2D eigenvalue weighted by molar-refractivity contribution is 9.10. The number of nitrogens with one attached hydrogen (secondary N) is 1. The molecule has 0 unspecified atom stereocenters. The second-order valence-electron chi connectivity index (χ2n) is 5.88. The molecule has 1 aromatic carbocycles. The van der Waals surface area contributed by atoms with Gasteiger partial charge >= 0.3 is 0 Å². The molecule has 5 heteroatoms. The number of aromatic hydroxyl groups is 1. The van der Waals surface area contributed by atoms with E-state index in [2.05, 4.69) is 26.1 Å². The standard InChI is InChI=1S/C15H22BrN3O/c16-11-3-4-12(17)15(20)14(11)13(9-10-1-2-10)19-7-5-18-6-8-19/h3-4,10,13,18,20H,1-2,5-9,17H2/t13-/m0/s1. The van der Waals surface area contributed by atoms with Crippen LogP contribution in [0.5, 0.6) is 5.75 Å². The van der Waals surface area contributed by atoms with E-state index >= 15 is 0 Å². The number of nitrogen functional groups attached to an aromatic ring is 1. The molecule has 1 saturated heterocycles. The normalized spacial score (nSPS) is 21.9. The smallest absolute Gasteiger partial charge is 0.144 e. The lowest BCUT2D eigenvalue weighted by molar-refractivity contribution is 0.157. The van der Waals surface area contributed by atoms with E-state index in [4.69, 9.17) is 5.73 Å². The molecule has 4 N–H and O–H groups in total. The lowest BCUT2D eigenvalue weighted by Crippen LogP contribution is -2.45. The quantitative estimate of drug-likeness (QED) is 0.582. The van der Waals surface area contributed by atoms with Crippen LogP contribution in [0, 0.1) is 5.92 Å². The van der Waals surface area contributed by atoms with Crippen molar-refractivity contribution >= 4 is 21.6 Å². The minimum absolute atomic E-state index is 0.253. The summed E-state index contributed by atoms with van der Waals surface area (Å²) in [7, 11) is 0. The van der Waals surface area contributed by atoms with Gasteiger partial charge in [0.15, 0.2) is 0 Å². The van der Waals surface area contributed by atoms with E-state index in [1.165, 1.54) is 12.8 Å². The van der Waals surface area contributed by atoms with Gasteiger partial charge in [-0.05, 0) is 24.5 Å². The first-order valence-corrected chi connectivity index (χ1v) is 8.17. The Labute approximate surface area is 128 Å². The highest BCUT2D eigenvalue weighted by Crippen LogP contribution is 2.45. The SMILES string of the molecule is Nc1ccc(Br)c([C@H](CC2CC2)N2CCNCC2)c1O. The van der Waals surface area contributed by atoms with E-state index in [1.807, 2.05) is 6.07 Å². The fourth-order valence-electron chi connectivity index (χ4n) is 3.03. The van der Waals surface area contributed by atoms with Crippen LogP contribution in [0.15, 0.2) is 16.6 Å². The van der Waals surface area contributed by atoms with Crippen LogP contribution in [0.1, 0.15) is 30.9 Å². The molecule has 1 aliphatic heterocycles. The van der Waals surface area contributed by atoms with Gasteiger partial charge in [0.1, 0.15) is 5.75 Å². The number of nitrogens with zero attached hydrogens (tertiary/aromatic N) is 1. The number of benzene rings is 1. The first kappa shape index (κ1) is 14.2. The van der Waals surface area contributed by atoms with Gasteiger partial charge < -0.3 is 16.2 Å². The van der Waals surface area contributed by atoms with Gasteiger partial charge in [-0.15, -0.1) is 0 Å². The molecule has 1 heterocycles. The number of nitrogens with two attached hydrogens (primary N) is 1. The Kier molecular flexibility index (Phi) is 4.19. The van der Waals surface area contributed by atoms with Gasteiger partial charge in [-0.2, -0.15) is 0 Å². The average molecular weight is 340 g/mol.